The first-order valence-electron chi connectivity index (χ1n) is 9.73. The van der Waals surface area contributed by atoms with Crippen LogP contribution in [0.15, 0.2) is 36.9 Å². The van der Waals surface area contributed by atoms with Crippen LogP contribution >= 0.6 is 0 Å². The van der Waals surface area contributed by atoms with Gasteiger partial charge in [0.15, 0.2) is 0 Å². The Kier molecular flexibility index (Phi) is 4.94. The Morgan fingerprint density at radius 2 is 2.10 bits per heavy atom. The number of carbonyl (C=O) groups excluding carboxylic acids is 1. The van der Waals surface area contributed by atoms with Crippen molar-refractivity contribution in [2.24, 2.45) is 5.73 Å². The Bertz CT molecular complexity index is 1230. The van der Waals surface area contributed by atoms with Gasteiger partial charge in [0, 0.05) is 34.3 Å². The Balaban J connectivity index is 2.04. The molecule has 0 bridgehead atoms. The standard InChI is InChI=1S/C23H22F3N3O2/c1-4-17(30)29-9-13-6-5-7-14(20(13)23(25,26)10-29)19-16(24)8-15(22(27)31)21-18(19)11(2)12(3)28-21/h4-8,22,28,31H,1,9-10,27H2,2-3H3. The van der Waals surface area contributed by atoms with Crippen molar-refractivity contribution in [1.82, 2.24) is 9.88 Å². The predicted octanol–water partition coefficient (Wildman–Crippen LogP) is 4.16. The molecule has 0 fully saturated rings. The highest BCUT2D eigenvalue weighted by Crippen LogP contribution is 2.46. The summed E-state index contributed by atoms with van der Waals surface area (Å²) in [4.78, 5) is 16.1. The van der Waals surface area contributed by atoms with Gasteiger partial charge in [-0.2, -0.15) is 8.78 Å². The molecule has 31 heavy (non-hydrogen) atoms. The highest BCUT2D eigenvalue weighted by Gasteiger charge is 2.44. The maximum absolute atomic E-state index is 15.4. The summed E-state index contributed by atoms with van der Waals surface area (Å²) in [5, 5.41) is 10.3. The van der Waals surface area contributed by atoms with Gasteiger partial charge in [-0.1, -0.05) is 24.8 Å². The van der Waals surface area contributed by atoms with Crippen LogP contribution in [0.1, 0.15) is 34.2 Å². The van der Waals surface area contributed by atoms with Gasteiger partial charge in [0.2, 0.25) is 5.91 Å². The van der Waals surface area contributed by atoms with Crippen molar-refractivity contribution in [1.29, 1.82) is 0 Å². The number of carbonyl (C=O) groups is 1. The minimum absolute atomic E-state index is 0.0151. The lowest BCUT2D eigenvalue weighted by Gasteiger charge is -2.35. The number of amides is 1. The third-order valence-electron chi connectivity index (χ3n) is 5.90. The molecule has 3 aromatic rings. The molecule has 0 saturated heterocycles. The number of H-pyrrole nitrogens is 1. The minimum atomic E-state index is -3.40. The molecule has 0 saturated carbocycles. The smallest absolute Gasteiger partial charge is 0.291 e. The highest BCUT2D eigenvalue weighted by molar-refractivity contribution is 6.01. The summed E-state index contributed by atoms with van der Waals surface area (Å²) in [6.45, 7) is 6.04. The van der Waals surface area contributed by atoms with Crippen molar-refractivity contribution in [2.75, 3.05) is 6.54 Å². The molecule has 2 heterocycles. The largest absolute Gasteiger partial charge is 0.374 e. The number of alkyl halides is 2. The lowest BCUT2D eigenvalue weighted by molar-refractivity contribution is -0.135. The number of fused-ring (bicyclic) bond motifs is 2. The SMILES string of the molecule is C=CC(=O)N1Cc2cccc(-c3c(F)cc(C(N)O)c4[nH]c(C)c(C)c34)c2C(F)(F)C1. The summed E-state index contributed by atoms with van der Waals surface area (Å²) in [6.07, 6.45) is -0.440. The fraction of sp³-hybridized carbons (Fsp3) is 0.261. The van der Waals surface area contributed by atoms with E-state index in [1.807, 2.05) is 0 Å². The number of halogens is 3. The zero-order valence-electron chi connectivity index (χ0n) is 17.1. The molecule has 5 nitrogen and oxygen atoms in total. The molecule has 4 rings (SSSR count). The zero-order valence-corrected chi connectivity index (χ0v) is 17.1. The van der Waals surface area contributed by atoms with E-state index in [1.54, 1.807) is 19.9 Å². The molecular weight excluding hydrogens is 407 g/mol. The summed E-state index contributed by atoms with van der Waals surface area (Å²) in [6, 6.07) is 5.61. The average molecular weight is 429 g/mol. The van der Waals surface area contributed by atoms with Crippen molar-refractivity contribution < 1.29 is 23.1 Å². The second kappa shape index (κ2) is 7.25. The van der Waals surface area contributed by atoms with Crippen LogP contribution in [0.25, 0.3) is 22.0 Å². The number of nitrogens with one attached hydrogen (secondary N) is 1. The van der Waals surface area contributed by atoms with Gasteiger partial charge in [-0.15, -0.1) is 0 Å². The van der Waals surface area contributed by atoms with Crippen LogP contribution in [0.5, 0.6) is 0 Å². The van der Waals surface area contributed by atoms with Crippen LogP contribution in [0.4, 0.5) is 13.2 Å². The fourth-order valence-electron chi connectivity index (χ4n) is 4.38. The Morgan fingerprint density at radius 3 is 2.74 bits per heavy atom. The van der Waals surface area contributed by atoms with Crippen molar-refractivity contribution in [3.05, 3.63) is 70.7 Å². The van der Waals surface area contributed by atoms with Crippen LogP contribution < -0.4 is 5.73 Å². The summed E-state index contributed by atoms with van der Waals surface area (Å²) in [7, 11) is 0. The van der Waals surface area contributed by atoms with E-state index in [4.69, 9.17) is 5.73 Å². The van der Waals surface area contributed by atoms with E-state index < -0.39 is 30.4 Å². The van der Waals surface area contributed by atoms with E-state index in [1.165, 1.54) is 12.1 Å². The monoisotopic (exact) mass is 429 g/mol. The van der Waals surface area contributed by atoms with E-state index in [9.17, 15) is 9.90 Å². The normalized spacial score (nSPS) is 16.3. The second-order valence-corrected chi connectivity index (χ2v) is 7.84. The lowest BCUT2D eigenvalue weighted by Crippen LogP contribution is -2.43. The van der Waals surface area contributed by atoms with Crippen molar-refractivity contribution >= 4 is 16.8 Å². The summed E-state index contributed by atoms with van der Waals surface area (Å²) >= 11 is 0. The number of aliphatic hydroxyl groups is 1. The van der Waals surface area contributed by atoms with E-state index >= 15 is 13.2 Å². The Morgan fingerprint density at radius 1 is 1.39 bits per heavy atom. The first-order valence-corrected chi connectivity index (χ1v) is 9.73. The topological polar surface area (TPSA) is 82.3 Å². The molecule has 2 aromatic carbocycles. The number of rotatable bonds is 3. The number of hydrogen-bond acceptors (Lipinski definition) is 3. The van der Waals surface area contributed by atoms with Crippen LogP contribution in [0.3, 0.4) is 0 Å². The maximum atomic E-state index is 15.4. The van der Waals surface area contributed by atoms with Crippen LogP contribution in [0, 0.1) is 19.7 Å². The third-order valence-corrected chi connectivity index (χ3v) is 5.90. The molecule has 1 unspecified atom stereocenters. The molecule has 0 radical (unpaired) electrons. The van der Waals surface area contributed by atoms with E-state index in [0.29, 0.717) is 22.2 Å². The van der Waals surface area contributed by atoms with Gasteiger partial charge < -0.3 is 20.7 Å². The molecule has 1 aliphatic rings. The molecular formula is C23H22F3N3O2. The molecule has 1 aliphatic heterocycles. The average Bonchev–Trinajstić information content (AvgIpc) is 3.00. The van der Waals surface area contributed by atoms with Crippen LogP contribution in [0.2, 0.25) is 0 Å². The Hall–Kier alpha value is -3.10. The number of aliphatic hydroxyl groups excluding tert-OH is 1. The molecule has 8 heteroatoms. The molecule has 1 aromatic heterocycles. The van der Waals surface area contributed by atoms with Crippen molar-refractivity contribution in [3.8, 4) is 11.1 Å². The predicted molar refractivity (Wildman–Crippen MR) is 112 cm³/mol. The van der Waals surface area contributed by atoms with Gasteiger partial charge in [0.25, 0.3) is 5.92 Å². The minimum Gasteiger partial charge on any atom is -0.374 e. The summed E-state index contributed by atoms with van der Waals surface area (Å²) in [5.74, 6) is -4.75. The second-order valence-electron chi connectivity index (χ2n) is 7.84. The van der Waals surface area contributed by atoms with Gasteiger partial charge in [-0.3, -0.25) is 4.79 Å². The first-order chi connectivity index (χ1) is 14.6. The third kappa shape index (κ3) is 3.23. The lowest BCUT2D eigenvalue weighted by atomic mass is 9.85. The highest BCUT2D eigenvalue weighted by atomic mass is 19.3. The quantitative estimate of drug-likeness (QED) is 0.432. The van der Waals surface area contributed by atoms with Gasteiger partial charge in [-0.25, -0.2) is 4.39 Å². The maximum Gasteiger partial charge on any atom is 0.291 e. The molecule has 0 aliphatic carbocycles. The van der Waals surface area contributed by atoms with E-state index in [2.05, 4.69) is 11.6 Å². The van der Waals surface area contributed by atoms with Crippen LogP contribution in [-0.2, 0) is 17.3 Å². The van der Waals surface area contributed by atoms with E-state index in [-0.39, 0.29) is 34.4 Å². The number of benzene rings is 2. The zero-order chi connectivity index (χ0) is 22.7. The van der Waals surface area contributed by atoms with Crippen molar-refractivity contribution in [3.63, 3.8) is 0 Å². The van der Waals surface area contributed by atoms with Gasteiger partial charge >= 0.3 is 0 Å². The molecule has 0 spiro atoms. The molecule has 4 N–H and O–H groups in total. The molecule has 1 atom stereocenters. The first kappa shape index (κ1) is 21.1. The number of hydrogen-bond donors (Lipinski definition) is 3. The number of nitrogens with zero attached hydrogens (tertiary/aromatic N) is 1. The fourth-order valence-corrected chi connectivity index (χ4v) is 4.38. The van der Waals surface area contributed by atoms with Crippen LogP contribution in [-0.4, -0.2) is 27.4 Å². The van der Waals surface area contributed by atoms with Gasteiger partial charge in [-0.05, 0) is 42.7 Å². The molecule has 162 valence electrons. The number of aromatic amines is 1. The van der Waals surface area contributed by atoms with Gasteiger partial charge in [0.05, 0.1) is 12.1 Å². The van der Waals surface area contributed by atoms with Crippen molar-refractivity contribution in [2.45, 2.75) is 32.5 Å². The Labute approximate surface area is 177 Å². The summed E-state index contributed by atoms with van der Waals surface area (Å²) in [5.41, 5.74) is 7.55. The number of aryl methyl sites for hydroxylation is 2. The van der Waals surface area contributed by atoms with Gasteiger partial charge in [0.1, 0.15) is 12.0 Å². The number of aromatic nitrogens is 1. The number of nitrogens with two attached hydrogens (primary N) is 1. The van der Waals surface area contributed by atoms with E-state index in [0.717, 1.165) is 17.0 Å². The summed E-state index contributed by atoms with van der Waals surface area (Å²) < 4.78 is 46.0. The molecule has 1 amide bonds.